The van der Waals surface area contributed by atoms with Crippen molar-refractivity contribution in [3.05, 3.63) is 82.3 Å². The van der Waals surface area contributed by atoms with E-state index in [9.17, 15) is 14.7 Å². The number of carbonyl (C=O) groups excluding carboxylic acids is 2. The minimum Gasteiger partial charge on any atom is -0.507 e. The molecule has 1 aromatic heterocycles. The topological polar surface area (TPSA) is 89.2 Å². The standard InChI is InChI=1S/C24H20ClNO6/c1-13-4-11-18(32-13)21-20(22(27)17-10-9-16(30-2)12-19(17)31-3)23(28)24(29)26(21)15-7-5-14(25)6-8-15/h4-12,21,27H,1-3H3/b22-20-. The minimum atomic E-state index is -0.975. The predicted octanol–water partition coefficient (Wildman–Crippen LogP) is 4.88. The summed E-state index contributed by atoms with van der Waals surface area (Å²) in [5.41, 5.74) is 0.578. The van der Waals surface area contributed by atoms with Gasteiger partial charge in [0.25, 0.3) is 11.7 Å². The number of aliphatic hydroxyl groups is 1. The fourth-order valence-corrected chi connectivity index (χ4v) is 3.84. The maximum atomic E-state index is 13.1. The quantitative estimate of drug-likeness (QED) is 0.336. The van der Waals surface area contributed by atoms with E-state index in [1.165, 1.54) is 19.1 Å². The van der Waals surface area contributed by atoms with E-state index in [2.05, 4.69) is 0 Å². The van der Waals surface area contributed by atoms with Gasteiger partial charge < -0.3 is 19.0 Å². The maximum Gasteiger partial charge on any atom is 0.300 e. The first-order chi connectivity index (χ1) is 15.3. The van der Waals surface area contributed by atoms with Gasteiger partial charge >= 0.3 is 0 Å². The van der Waals surface area contributed by atoms with E-state index >= 15 is 0 Å². The fourth-order valence-electron chi connectivity index (χ4n) is 3.71. The molecule has 0 radical (unpaired) electrons. The van der Waals surface area contributed by atoms with Crippen molar-refractivity contribution in [3.8, 4) is 11.5 Å². The number of aryl methyl sites for hydroxylation is 1. The Morgan fingerprint density at radius 2 is 1.75 bits per heavy atom. The number of ketones is 1. The van der Waals surface area contributed by atoms with Crippen LogP contribution < -0.4 is 14.4 Å². The third-order valence-corrected chi connectivity index (χ3v) is 5.50. The molecular formula is C24H20ClNO6. The molecule has 0 spiro atoms. The largest absolute Gasteiger partial charge is 0.507 e. The SMILES string of the molecule is COc1ccc(/C(O)=C2/C(=O)C(=O)N(c3ccc(Cl)cc3)C2c2ccc(C)o2)c(OC)c1. The van der Waals surface area contributed by atoms with Crippen LogP contribution in [0.4, 0.5) is 5.69 Å². The number of Topliss-reactive ketones (excluding diaryl/α,β-unsaturated/α-hetero) is 1. The molecule has 1 aliphatic heterocycles. The van der Waals surface area contributed by atoms with Crippen molar-refractivity contribution in [1.29, 1.82) is 0 Å². The van der Waals surface area contributed by atoms with E-state index in [0.29, 0.717) is 28.0 Å². The van der Waals surface area contributed by atoms with Crippen molar-refractivity contribution in [2.75, 3.05) is 19.1 Å². The lowest BCUT2D eigenvalue weighted by Crippen LogP contribution is -2.29. The number of furan rings is 1. The molecule has 0 saturated carbocycles. The second-order valence-electron chi connectivity index (χ2n) is 7.16. The van der Waals surface area contributed by atoms with Crippen LogP contribution in [0, 0.1) is 6.92 Å². The van der Waals surface area contributed by atoms with Gasteiger partial charge in [0.05, 0.1) is 25.4 Å². The monoisotopic (exact) mass is 453 g/mol. The number of halogens is 1. The Balaban J connectivity index is 1.94. The van der Waals surface area contributed by atoms with Crippen molar-refractivity contribution < 1.29 is 28.6 Å². The maximum absolute atomic E-state index is 13.1. The Labute approximate surface area is 189 Å². The molecule has 3 aromatic rings. The first-order valence-electron chi connectivity index (χ1n) is 9.71. The Morgan fingerprint density at radius 1 is 1.03 bits per heavy atom. The highest BCUT2D eigenvalue weighted by Crippen LogP contribution is 2.44. The highest BCUT2D eigenvalue weighted by Gasteiger charge is 2.48. The van der Waals surface area contributed by atoms with Gasteiger partial charge in [-0.05, 0) is 55.5 Å². The first-order valence-corrected chi connectivity index (χ1v) is 10.1. The van der Waals surface area contributed by atoms with Crippen LogP contribution in [-0.4, -0.2) is 31.0 Å². The van der Waals surface area contributed by atoms with Gasteiger partial charge in [0.2, 0.25) is 0 Å². The molecule has 2 aromatic carbocycles. The summed E-state index contributed by atoms with van der Waals surface area (Å²) < 4.78 is 16.4. The lowest BCUT2D eigenvalue weighted by molar-refractivity contribution is -0.132. The van der Waals surface area contributed by atoms with Crippen LogP contribution in [-0.2, 0) is 9.59 Å². The van der Waals surface area contributed by atoms with Crippen molar-refractivity contribution >= 4 is 34.7 Å². The zero-order valence-electron chi connectivity index (χ0n) is 17.6. The molecule has 1 unspecified atom stereocenters. The Hall–Kier alpha value is -3.71. The second kappa shape index (κ2) is 8.43. The molecule has 1 amide bonds. The summed E-state index contributed by atoms with van der Waals surface area (Å²) in [6.07, 6.45) is 0. The summed E-state index contributed by atoms with van der Waals surface area (Å²) in [6.45, 7) is 1.75. The van der Waals surface area contributed by atoms with E-state index in [4.69, 9.17) is 25.5 Å². The number of ether oxygens (including phenoxy) is 2. The third-order valence-electron chi connectivity index (χ3n) is 5.24. The molecular weight excluding hydrogens is 434 g/mol. The molecule has 0 aliphatic carbocycles. The first kappa shape index (κ1) is 21.5. The Kier molecular flexibility index (Phi) is 5.67. The van der Waals surface area contributed by atoms with E-state index in [1.54, 1.807) is 61.5 Å². The molecule has 4 rings (SSSR count). The number of nitrogens with zero attached hydrogens (tertiary/aromatic N) is 1. The molecule has 8 heteroatoms. The summed E-state index contributed by atoms with van der Waals surface area (Å²) in [4.78, 5) is 27.5. The van der Waals surface area contributed by atoms with Crippen molar-refractivity contribution in [2.45, 2.75) is 13.0 Å². The average Bonchev–Trinajstić information content (AvgIpc) is 3.34. The molecule has 0 bridgehead atoms. The summed E-state index contributed by atoms with van der Waals surface area (Å²) in [5.74, 6) is -0.269. The number of amides is 1. The van der Waals surface area contributed by atoms with E-state index in [1.807, 2.05) is 0 Å². The molecule has 1 fully saturated rings. The van der Waals surface area contributed by atoms with Gasteiger partial charge in [-0.2, -0.15) is 0 Å². The van der Waals surface area contributed by atoms with Crippen LogP contribution in [0.25, 0.3) is 5.76 Å². The lowest BCUT2D eigenvalue weighted by atomic mass is 9.98. The van der Waals surface area contributed by atoms with Crippen LogP contribution in [0.2, 0.25) is 5.02 Å². The number of hydrogen-bond acceptors (Lipinski definition) is 6. The molecule has 1 atom stereocenters. The van der Waals surface area contributed by atoms with Gasteiger partial charge in [0, 0.05) is 16.8 Å². The van der Waals surface area contributed by atoms with Crippen LogP contribution in [0.5, 0.6) is 11.5 Å². The Bertz CT molecular complexity index is 1230. The smallest absolute Gasteiger partial charge is 0.300 e. The van der Waals surface area contributed by atoms with Gasteiger partial charge in [-0.15, -0.1) is 0 Å². The van der Waals surface area contributed by atoms with Crippen molar-refractivity contribution in [1.82, 2.24) is 0 Å². The number of benzene rings is 2. The number of aliphatic hydroxyl groups excluding tert-OH is 1. The fraction of sp³-hybridized carbons (Fsp3) is 0.167. The van der Waals surface area contributed by atoms with E-state index in [0.717, 1.165) is 0 Å². The third kappa shape index (κ3) is 3.61. The predicted molar refractivity (Wildman–Crippen MR) is 119 cm³/mol. The van der Waals surface area contributed by atoms with Crippen LogP contribution >= 0.6 is 11.6 Å². The van der Waals surface area contributed by atoms with E-state index in [-0.39, 0.29) is 22.6 Å². The number of hydrogen-bond donors (Lipinski definition) is 1. The normalized spacial score (nSPS) is 17.6. The summed E-state index contributed by atoms with van der Waals surface area (Å²) in [7, 11) is 2.94. The van der Waals surface area contributed by atoms with Crippen molar-refractivity contribution in [3.63, 3.8) is 0 Å². The molecule has 164 valence electrons. The summed E-state index contributed by atoms with van der Waals surface area (Å²) >= 11 is 6.00. The molecule has 32 heavy (non-hydrogen) atoms. The number of methoxy groups -OCH3 is 2. The van der Waals surface area contributed by atoms with Gasteiger partial charge in [-0.3, -0.25) is 14.5 Å². The van der Waals surface area contributed by atoms with E-state index < -0.39 is 17.7 Å². The van der Waals surface area contributed by atoms with Crippen LogP contribution in [0.15, 0.2) is 64.6 Å². The summed E-state index contributed by atoms with van der Waals surface area (Å²) in [6, 6.07) is 13.7. The van der Waals surface area contributed by atoms with Gasteiger partial charge in [-0.1, -0.05) is 11.6 Å². The zero-order valence-corrected chi connectivity index (χ0v) is 18.3. The number of rotatable bonds is 5. The molecule has 7 nitrogen and oxygen atoms in total. The van der Waals surface area contributed by atoms with Crippen LogP contribution in [0.1, 0.15) is 23.1 Å². The summed E-state index contributed by atoms with van der Waals surface area (Å²) in [5, 5.41) is 11.7. The lowest BCUT2D eigenvalue weighted by Gasteiger charge is -2.23. The average molecular weight is 454 g/mol. The molecule has 1 saturated heterocycles. The van der Waals surface area contributed by atoms with Gasteiger partial charge in [-0.25, -0.2) is 0 Å². The minimum absolute atomic E-state index is 0.109. The number of carbonyl (C=O) groups is 2. The van der Waals surface area contributed by atoms with Gasteiger partial charge in [0.1, 0.15) is 34.8 Å². The highest BCUT2D eigenvalue weighted by atomic mass is 35.5. The van der Waals surface area contributed by atoms with Crippen LogP contribution in [0.3, 0.4) is 0 Å². The van der Waals surface area contributed by atoms with Crippen molar-refractivity contribution in [2.24, 2.45) is 0 Å². The highest BCUT2D eigenvalue weighted by molar-refractivity contribution is 6.51. The Morgan fingerprint density at radius 3 is 2.34 bits per heavy atom. The zero-order chi connectivity index (χ0) is 23.0. The molecule has 1 aliphatic rings. The molecule has 2 heterocycles. The molecule has 1 N–H and O–H groups in total. The number of anilines is 1. The second-order valence-corrected chi connectivity index (χ2v) is 7.60. The van der Waals surface area contributed by atoms with Gasteiger partial charge in [0.15, 0.2) is 0 Å².